The lowest BCUT2D eigenvalue weighted by atomic mass is 9.98. The van der Waals surface area contributed by atoms with Gasteiger partial charge in [-0.25, -0.2) is 4.68 Å². The first kappa shape index (κ1) is 15.6. The van der Waals surface area contributed by atoms with Crippen molar-refractivity contribution in [2.24, 2.45) is 0 Å². The number of benzene rings is 1. The summed E-state index contributed by atoms with van der Waals surface area (Å²) < 4.78 is 1.86. The van der Waals surface area contributed by atoms with E-state index in [0.717, 1.165) is 30.0 Å². The van der Waals surface area contributed by atoms with Gasteiger partial charge >= 0.3 is 0 Å². The molecule has 2 aromatic rings. The van der Waals surface area contributed by atoms with Crippen LogP contribution in [0.15, 0.2) is 30.3 Å². The lowest BCUT2D eigenvalue weighted by Crippen LogP contribution is -2.13. The van der Waals surface area contributed by atoms with Crippen molar-refractivity contribution < 1.29 is 5.11 Å². The maximum Gasteiger partial charge on any atom is 0.127 e. The predicted octanol–water partition coefficient (Wildman–Crippen LogP) is 3.10. The molecule has 0 aliphatic carbocycles. The average molecular weight is 287 g/mol. The molecule has 1 heterocycles. The molecular formula is C17H25N3O. The Hall–Kier alpha value is -1.81. The smallest absolute Gasteiger partial charge is 0.127 e. The summed E-state index contributed by atoms with van der Waals surface area (Å²) in [4.78, 5) is 0. The molecule has 1 aromatic heterocycles. The summed E-state index contributed by atoms with van der Waals surface area (Å²) >= 11 is 0. The summed E-state index contributed by atoms with van der Waals surface area (Å²) in [5.74, 6) is 1.55. The minimum absolute atomic E-state index is 0.107. The van der Waals surface area contributed by atoms with Gasteiger partial charge in [-0.1, -0.05) is 37.3 Å². The molecule has 4 heteroatoms. The zero-order valence-corrected chi connectivity index (χ0v) is 13.1. The summed E-state index contributed by atoms with van der Waals surface area (Å²) in [7, 11) is 0. The van der Waals surface area contributed by atoms with Crippen molar-refractivity contribution in [1.82, 2.24) is 9.78 Å². The van der Waals surface area contributed by atoms with Gasteiger partial charge in [0.15, 0.2) is 0 Å². The number of hydrogen-bond acceptors (Lipinski definition) is 3. The number of aliphatic hydroxyl groups excluding tert-OH is 1. The molecule has 0 fully saturated rings. The Balaban J connectivity index is 1.94. The second-order valence-corrected chi connectivity index (χ2v) is 5.53. The molecule has 1 atom stereocenters. The second kappa shape index (κ2) is 7.27. The van der Waals surface area contributed by atoms with Gasteiger partial charge in [0.05, 0.1) is 18.8 Å². The lowest BCUT2D eigenvalue weighted by molar-refractivity contribution is 0.270. The van der Waals surface area contributed by atoms with Crippen LogP contribution in [-0.2, 0) is 6.54 Å². The van der Waals surface area contributed by atoms with Gasteiger partial charge in [-0.3, -0.25) is 0 Å². The fourth-order valence-electron chi connectivity index (χ4n) is 2.51. The Morgan fingerprint density at radius 1 is 1.24 bits per heavy atom. The molecule has 2 rings (SSSR count). The maximum absolute atomic E-state index is 9.12. The molecule has 0 aliphatic rings. The first-order valence-corrected chi connectivity index (χ1v) is 7.57. The van der Waals surface area contributed by atoms with E-state index in [1.165, 1.54) is 5.56 Å². The highest BCUT2D eigenvalue weighted by atomic mass is 16.3. The third-order valence-corrected chi connectivity index (χ3v) is 3.98. The van der Waals surface area contributed by atoms with Crippen LogP contribution in [0.5, 0.6) is 0 Å². The van der Waals surface area contributed by atoms with Crippen LogP contribution < -0.4 is 5.32 Å². The highest BCUT2D eigenvalue weighted by molar-refractivity contribution is 5.46. The number of aliphatic hydroxyl groups is 1. The summed E-state index contributed by atoms with van der Waals surface area (Å²) in [6.45, 7) is 7.86. The van der Waals surface area contributed by atoms with E-state index in [4.69, 9.17) is 5.11 Å². The first-order valence-electron chi connectivity index (χ1n) is 7.57. The molecule has 0 saturated carbocycles. The molecule has 1 unspecified atom stereocenters. The maximum atomic E-state index is 9.12. The fraction of sp³-hybridized carbons (Fsp3) is 0.471. The van der Waals surface area contributed by atoms with Gasteiger partial charge in [0.25, 0.3) is 0 Å². The van der Waals surface area contributed by atoms with Crippen LogP contribution in [0.25, 0.3) is 0 Å². The number of anilines is 1. The van der Waals surface area contributed by atoms with E-state index in [9.17, 15) is 0 Å². The van der Waals surface area contributed by atoms with E-state index in [1.54, 1.807) is 0 Å². The standard InChI is InChI=1S/C17H25N3O/c1-13(16-7-5-4-6-8-16)9-10-18-17-14(2)15(3)19-20(17)11-12-21/h4-8,13,18,21H,9-12H2,1-3H3. The third kappa shape index (κ3) is 3.85. The van der Waals surface area contributed by atoms with Gasteiger partial charge in [0.2, 0.25) is 0 Å². The molecule has 0 spiro atoms. The molecule has 0 aliphatic heterocycles. The van der Waals surface area contributed by atoms with Crippen LogP contribution in [0.4, 0.5) is 5.82 Å². The molecule has 0 amide bonds. The van der Waals surface area contributed by atoms with Crippen LogP contribution in [0.2, 0.25) is 0 Å². The van der Waals surface area contributed by atoms with Gasteiger partial charge in [-0.15, -0.1) is 0 Å². The third-order valence-electron chi connectivity index (χ3n) is 3.98. The van der Waals surface area contributed by atoms with Gasteiger partial charge in [-0.2, -0.15) is 5.10 Å². The number of aromatic nitrogens is 2. The van der Waals surface area contributed by atoms with E-state index >= 15 is 0 Å². The van der Waals surface area contributed by atoms with Gasteiger partial charge in [0, 0.05) is 12.1 Å². The minimum Gasteiger partial charge on any atom is -0.394 e. The highest BCUT2D eigenvalue weighted by Gasteiger charge is 2.11. The van der Waals surface area contributed by atoms with E-state index in [1.807, 2.05) is 17.7 Å². The van der Waals surface area contributed by atoms with Crippen molar-refractivity contribution in [2.45, 2.75) is 39.7 Å². The van der Waals surface area contributed by atoms with E-state index in [2.05, 4.69) is 48.5 Å². The Morgan fingerprint density at radius 3 is 2.62 bits per heavy atom. The Kier molecular flexibility index (Phi) is 5.39. The Labute approximate surface area is 126 Å². The van der Waals surface area contributed by atoms with Crippen molar-refractivity contribution in [3.63, 3.8) is 0 Å². The largest absolute Gasteiger partial charge is 0.394 e. The summed E-state index contributed by atoms with van der Waals surface area (Å²) in [5, 5.41) is 17.0. The normalized spacial score (nSPS) is 12.4. The van der Waals surface area contributed by atoms with Crippen LogP contribution in [0, 0.1) is 13.8 Å². The van der Waals surface area contributed by atoms with Crippen LogP contribution in [0.1, 0.15) is 36.1 Å². The molecule has 0 radical (unpaired) electrons. The summed E-state index contributed by atoms with van der Waals surface area (Å²) in [6.07, 6.45) is 1.06. The van der Waals surface area contributed by atoms with E-state index in [0.29, 0.717) is 12.5 Å². The second-order valence-electron chi connectivity index (χ2n) is 5.53. The molecular weight excluding hydrogens is 262 g/mol. The van der Waals surface area contributed by atoms with Gasteiger partial charge in [0.1, 0.15) is 5.82 Å². The quantitative estimate of drug-likeness (QED) is 0.822. The first-order chi connectivity index (χ1) is 10.1. The number of nitrogens with one attached hydrogen (secondary N) is 1. The zero-order valence-electron chi connectivity index (χ0n) is 13.1. The van der Waals surface area contributed by atoms with Crippen molar-refractivity contribution in [2.75, 3.05) is 18.5 Å². The number of nitrogens with zero attached hydrogens (tertiary/aromatic N) is 2. The molecule has 4 nitrogen and oxygen atoms in total. The number of aryl methyl sites for hydroxylation is 1. The lowest BCUT2D eigenvalue weighted by Gasteiger charge is -2.14. The van der Waals surface area contributed by atoms with Crippen LogP contribution >= 0.6 is 0 Å². The number of hydrogen-bond donors (Lipinski definition) is 2. The van der Waals surface area contributed by atoms with Crippen LogP contribution in [-0.4, -0.2) is 28.0 Å². The topological polar surface area (TPSA) is 50.1 Å². The minimum atomic E-state index is 0.107. The molecule has 0 bridgehead atoms. The summed E-state index contributed by atoms with van der Waals surface area (Å²) in [6, 6.07) is 10.6. The van der Waals surface area contributed by atoms with Gasteiger partial charge < -0.3 is 10.4 Å². The fourth-order valence-corrected chi connectivity index (χ4v) is 2.51. The van der Waals surface area contributed by atoms with Gasteiger partial charge in [-0.05, 0) is 31.7 Å². The molecule has 114 valence electrons. The van der Waals surface area contributed by atoms with Crippen molar-refractivity contribution in [3.8, 4) is 0 Å². The van der Waals surface area contributed by atoms with Crippen LogP contribution in [0.3, 0.4) is 0 Å². The SMILES string of the molecule is Cc1nn(CCO)c(NCCC(C)c2ccccc2)c1C. The molecule has 0 saturated heterocycles. The zero-order chi connectivity index (χ0) is 15.2. The van der Waals surface area contributed by atoms with Crippen molar-refractivity contribution >= 4 is 5.82 Å². The van der Waals surface area contributed by atoms with Crippen molar-refractivity contribution in [1.29, 1.82) is 0 Å². The van der Waals surface area contributed by atoms with E-state index in [-0.39, 0.29) is 6.61 Å². The predicted molar refractivity (Wildman–Crippen MR) is 86.8 cm³/mol. The summed E-state index contributed by atoms with van der Waals surface area (Å²) in [5.41, 5.74) is 3.55. The average Bonchev–Trinajstić information content (AvgIpc) is 2.76. The molecule has 21 heavy (non-hydrogen) atoms. The number of rotatable bonds is 7. The van der Waals surface area contributed by atoms with Crippen molar-refractivity contribution in [3.05, 3.63) is 47.2 Å². The Morgan fingerprint density at radius 2 is 1.95 bits per heavy atom. The van der Waals surface area contributed by atoms with E-state index < -0.39 is 0 Å². The highest BCUT2D eigenvalue weighted by Crippen LogP contribution is 2.21. The monoisotopic (exact) mass is 287 g/mol. The Bertz CT molecular complexity index is 563. The molecule has 2 N–H and O–H groups in total. The molecule has 1 aromatic carbocycles.